The SMILES string of the molecule is CC/C=C\C/C=C\C/C=C\C/C=C\C/C=C\C/C=C\CCCCCCCCCCC(=O)NC(COC1OC(CO)C(OC2OC(CO)C(OC3OC(CO)C(O)C(O)C3O)C(O)C2O)C(O)C1O)C(O)CCCCCCCCCCCCCCCCCC. The number of ether oxygens (including phenoxy) is 6. The molecule has 3 fully saturated rings. The molecule has 3 aliphatic heterocycles. The lowest BCUT2D eigenvalue weighted by Crippen LogP contribution is -2.66. The number of aliphatic hydroxyl groups excluding tert-OH is 11. The number of carbonyl (C=O) groups is 1. The summed E-state index contributed by atoms with van der Waals surface area (Å²) in [5.41, 5.74) is 0. The summed E-state index contributed by atoms with van der Waals surface area (Å²) in [4.78, 5) is 13.4. The minimum atomic E-state index is -1.98. The van der Waals surface area contributed by atoms with E-state index in [1.807, 2.05) is 0 Å². The number of aliphatic hydroxyl groups is 11. The van der Waals surface area contributed by atoms with Crippen LogP contribution in [0.1, 0.15) is 226 Å². The lowest BCUT2D eigenvalue weighted by atomic mass is 9.96. The zero-order chi connectivity index (χ0) is 64.0. The van der Waals surface area contributed by atoms with Gasteiger partial charge in [0.2, 0.25) is 5.91 Å². The van der Waals surface area contributed by atoms with Crippen LogP contribution in [-0.4, -0.2) is 193 Å². The fourth-order valence-corrected chi connectivity index (χ4v) is 11.3. The standard InChI is InChI=1S/C69H121NO18/c1-3-5-7-9-11-13-15-17-19-21-22-23-24-25-26-27-28-29-30-31-33-35-37-39-41-43-45-47-57(75)70-52(53(74)46-44-42-40-38-36-34-32-20-18-16-14-12-10-8-6-4-2)51-83-67-63(81)60(78)65(55(49-72)85-67)88-69-64(82)61(79)66(56(50-73)86-69)87-68-62(80)59(77)58(76)54(48-71)84-68/h5,7,11,13,17,19,22-23,25-26,28-29,52-56,58-69,71-74,76-82H,3-4,6,8-10,12,14-16,18,20-21,24,27,30-51H2,1-2H3,(H,70,75)/b7-5-,13-11-,19-17-,23-22-,26-25-,29-28-. The summed E-state index contributed by atoms with van der Waals surface area (Å²) < 4.78 is 34.4. The summed E-state index contributed by atoms with van der Waals surface area (Å²) in [6.07, 6.45) is 35.4. The Morgan fingerprint density at radius 1 is 0.420 bits per heavy atom. The number of hydrogen-bond donors (Lipinski definition) is 12. The van der Waals surface area contributed by atoms with E-state index in [0.29, 0.717) is 12.8 Å². The van der Waals surface area contributed by atoms with Crippen LogP contribution in [0.15, 0.2) is 72.9 Å². The molecule has 12 N–H and O–H groups in total. The second kappa shape index (κ2) is 50.7. The molecule has 0 saturated carbocycles. The molecule has 0 spiro atoms. The van der Waals surface area contributed by atoms with Crippen LogP contribution >= 0.6 is 0 Å². The Morgan fingerprint density at radius 3 is 1.23 bits per heavy atom. The number of nitrogens with one attached hydrogen (secondary N) is 1. The highest BCUT2D eigenvalue weighted by atomic mass is 16.8. The van der Waals surface area contributed by atoms with Gasteiger partial charge in [-0.2, -0.15) is 0 Å². The Kier molecular flexibility index (Phi) is 45.8. The van der Waals surface area contributed by atoms with Gasteiger partial charge in [-0.1, -0.05) is 228 Å². The van der Waals surface area contributed by atoms with E-state index in [9.17, 15) is 61.0 Å². The van der Waals surface area contributed by atoms with Gasteiger partial charge in [-0.05, 0) is 64.2 Å². The molecule has 3 rings (SSSR count). The molecule has 3 saturated heterocycles. The topological polar surface area (TPSA) is 307 Å². The van der Waals surface area contributed by atoms with E-state index in [2.05, 4.69) is 92.1 Å². The maximum Gasteiger partial charge on any atom is 0.220 e. The van der Waals surface area contributed by atoms with Gasteiger partial charge in [-0.15, -0.1) is 0 Å². The highest BCUT2D eigenvalue weighted by Crippen LogP contribution is 2.33. The first-order valence-electron chi connectivity index (χ1n) is 34.2. The predicted molar refractivity (Wildman–Crippen MR) is 341 cm³/mol. The Hall–Kier alpha value is -2.77. The maximum atomic E-state index is 13.4. The average molecular weight is 1250 g/mol. The van der Waals surface area contributed by atoms with Crippen molar-refractivity contribution in [3.8, 4) is 0 Å². The molecule has 0 aromatic rings. The van der Waals surface area contributed by atoms with Crippen LogP contribution in [-0.2, 0) is 33.2 Å². The molecule has 3 aliphatic rings. The molecule has 3 heterocycles. The summed E-state index contributed by atoms with van der Waals surface area (Å²) in [7, 11) is 0. The van der Waals surface area contributed by atoms with Crippen molar-refractivity contribution < 1.29 is 89.4 Å². The normalized spacial score (nSPS) is 28.9. The fourth-order valence-electron chi connectivity index (χ4n) is 11.3. The highest BCUT2D eigenvalue weighted by molar-refractivity contribution is 5.76. The van der Waals surface area contributed by atoms with Crippen molar-refractivity contribution in [2.45, 2.75) is 330 Å². The van der Waals surface area contributed by atoms with E-state index in [4.69, 9.17) is 28.4 Å². The minimum absolute atomic E-state index is 0.253. The first kappa shape index (κ1) is 79.5. The summed E-state index contributed by atoms with van der Waals surface area (Å²) >= 11 is 0. The summed E-state index contributed by atoms with van der Waals surface area (Å²) in [5, 5.41) is 121. The van der Waals surface area contributed by atoms with Crippen molar-refractivity contribution in [3.05, 3.63) is 72.9 Å². The molecule has 0 aromatic carbocycles. The van der Waals surface area contributed by atoms with Gasteiger partial charge >= 0.3 is 0 Å². The number of unbranched alkanes of at least 4 members (excludes halogenated alkanes) is 23. The van der Waals surface area contributed by atoms with Crippen molar-refractivity contribution in [1.29, 1.82) is 0 Å². The monoisotopic (exact) mass is 1250 g/mol. The third-order valence-electron chi connectivity index (χ3n) is 16.8. The Labute approximate surface area is 528 Å². The first-order chi connectivity index (χ1) is 42.8. The van der Waals surface area contributed by atoms with Crippen LogP contribution in [0.25, 0.3) is 0 Å². The number of hydrogen-bond acceptors (Lipinski definition) is 18. The van der Waals surface area contributed by atoms with E-state index in [0.717, 1.165) is 96.3 Å². The van der Waals surface area contributed by atoms with Crippen LogP contribution in [0.4, 0.5) is 0 Å². The Balaban J connectivity index is 1.43. The summed E-state index contributed by atoms with van der Waals surface area (Å²) in [6, 6.07) is -0.896. The molecule has 19 heteroatoms. The van der Waals surface area contributed by atoms with Crippen molar-refractivity contribution in [2.75, 3.05) is 26.4 Å². The maximum absolute atomic E-state index is 13.4. The first-order valence-corrected chi connectivity index (χ1v) is 34.2. The Bertz CT molecular complexity index is 1880. The van der Waals surface area contributed by atoms with Crippen molar-refractivity contribution in [1.82, 2.24) is 5.32 Å². The van der Waals surface area contributed by atoms with Gasteiger partial charge in [0.1, 0.15) is 73.2 Å². The summed E-state index contributed by atoms with van der Waals surface area (Å²) in [5.74, 6) is -0.254. The third-order valence-corrected chi connectivity index (χ3v) is 16.8. The number of amides is 1. The molecule has 0 bridgehead atoms. The van der Waals surface area contributed by atoms with Gasteiger partial charge < -0.3 is 89.9 Å². The van der Waals surface area contributed by atoms with Gasteiger partial charge in [-0.3, -0.25) is 4.79 Å². The van der Waals surface area contributed by atoms with E-state index in [-0.39, 0.29) is 18.9 Å². The molecule has 0 aliphatic carbocycles. The second-order valence-electron chi connectivity index (χ2n) is 24.3. The van der Waals surface area contributed by atoms with Gasteiger partial charge in [0.05, 0.1) is 38.6 Å². The lowest BCUT2D eigenvalue weighted by Gasteiger charge is -2.48. The molecule has 88 heavy (non-hydrogen) atoms. The number of carbonyl (C=O) groups excluding carboxylic acids is 1. The molecule has 0 radical (unpaired) electrons. The molecule has 17 atom stereocenters. The highest BCUT2D eigenvalue weighted by Gasteiger charge is 2.53. The molecule has 0 aromatic heterocycles. The predicted octanol–water partition coefficient (Wildman–Crippen LogP) is 8.55. The van der Waals surface area contributed by atoms with Gasteiger partial charge in [0.15, 0.2) is 18.9 Å². The third kappa shape index (κ3) is 32.7. The van der Waals surface area contributed by atoms with E-state index in [1.54, 1.807) is 0 Å². The molecular weight excluding hydrogens is 1130 g/mol. The lowest BCUT2D eigenvalue weighted by molar-refractivity contribution is -0.379. The van der Waals surface area contributed by atoms with E-state index in [1.165, 1.54) is 96.3 Å². The van der Waals surface area contributed by atoms with Crippen LogP contribution in [0, 0.1) is 0 Å². The molecule has 19 nitrogen and oxygen atoms in total. The average Bonchev–Trinajstić information content (AvgIpc) is 3.39. The van der Waals surface area contributed by atoms with Crippen molar-refractivity contribution in [3.63, 3.8) is 0 Å². The van der Waals surface area contributed by atoms with Gasteiger partial charge in [0.25, 0.3) is 0 Å². The zero-order valence-corrected chi connectivity index (χ0v) is 53.7. The minimum Gasteiger partial charge on any atom is -0.394 e. The van der Waals surface area contributed by atoms with Crippen molar-refractivity contribution >= 4 is 5.91 Å². The van der Waals surface area contributed by atoms with Crippen LogP contribution in [0.2, 0.25) is 0 Å². The number of rotatable bonds is 51. The fraction of sp³-hybridized carbons (Fsp3) is 0.812. The Morgan fingerprint density at radius 2 is 0.784 bits per heavy atom. The van der Waals surface area contributed by atoms with E-state index >= 15 is 0 Å². The largest absolute Gasteiger partial charge is 0.394 e. The molecule has 510 valence electrons. The van der Waals surface area contributed by atoms with Crippen LogP contribution < -0.4 is 5.32 Å². The molecular formula is C69H121NO18. The summed E-state index contributed by atoms with van der Waals surface area (Å²) in [6.45, 7) is 1.67. The smallest absolute Gasteiger partial charge is 0.220 e. The van der Waals surface area contributed by atoms with E-state index < -0.39 is 124 Å². The molecule has 17 unspecified atom stereocenters. The second-order valence-corrected chi connectivity index (χ2v) is 24.3. The molecule has 1 amide bonds. The van der Waals surface area contributed by atoms with Gasteiger partial charge in [-0.25, -0.2) is 0 Å². The van der Waals surface area contributed by atoms with Crippen LogP contribution in [0.5, 0.6) is 0 Å². The number of allylic oxidation sites excluding steroid dienone is 12. The van der Waals surface area contributed by atoms with Gasteiger partial charge in [0, 0.05) is 6.42 Å². The zero-order valence-electron chi connectivity index (χ0n) is 53.7. The van der Waals surface area contributed by atoms with Crippen molar-refractivity contribution in [2.24, 2.45) is 0 Å². The quantitative estimate of drug-likeness (QED) is 0.0200. The van der Waals surface area contributed by atoms with Crippen LogP contribution in [0.3, 0.4) is 0 Å².